The number of hydrogen-bond donors (Lipinski definition) is 0. The lowest BCUT2D eigenvalue weighted by Crippen LogP contribution is -2.30. The highest BCUT2D eigenvalue weighted by Gasteiger charge is 2.40. The van der Waals surface area contributed by atoms with Crippen LogP contribution in [0, 0.1) is 0 Å². The Kier molecular flexibility index (Phi) is 2.07. The molecule has 0 aromatic heterocycles. The highest BCUT2D eigenvalue weighted by molar-refractivity contribution is 6.31. The number of amides is 2. The predicted molar refractivity (Wildman–Crippen MR) is 48.2 cm³/mol. The molecule has 1 heterocycles. The van der Waals surface area contributed by atoms with Crippen molar-refractivity contribution in [2.45, 2.75) is 0 Å². The number of anilines is 1. The number of halogens is 2. The van der Waals surface area contributed by atoms with Gasteiger partial charge in [-0.3, -0.25) is 9.59 Å². The molecule has 3 nitrogen and oxygen atoms in total. The Morgan fingerprint density at radius 3 is 1.80 bits per heavy atom. The molecule has 0 aliphatic carbocycles. The second kappa shape index (κ2) is 3.27. The van der Waals surface area contributed by atoms with Crippen LogP contribution in [0.2, 0.25) is 0 Å². The van der Waals surface area contributed by atoms with Crippen molar-refractivity contribution in [1.29, 1.82) is 0 Å². The average Bonchev–Trinajstić information content (AvgIpc) is 2.45. The maximum absolute atomic E-state index is 12.8. The Labute approximate surface area is 83.6 Å². The molecule has 0 N–H and O–H groups in total. The fraction of sp³-hybridized carbons (Fsp3) is 0. The molecule has 1 aromatic rings. The van der Waals surface area contributed by atoms with Crippen molar-refractivity contribution in [1.82, 2.24) is 0 Å². The van der Waals surface area contributed by atoms with Crippen LogP contribution in [0.1, 0.15) is 0 Å². The van der Waals surface area contributed by atoms with Crippen LogP contribution in [-0.4, -0.2) is 11.8 Å². The van der Waals surface area contributed by atoms with Crippen LogP contribution >= 0.6 is 0 Å². The van der Waals surface area contributed by atoms with Crippen molar-refractivity contribution in [3.63, 3.8) is 0 Å². The topological polar surface area (TPSA) is 37.4 Å². The number of benzene rings is 1. The second-order valence-corrected chi connectivity index (χ2v) is 2.91. The monoisotopic (exact) mass is 209 g/mol. The summed E-state index contributed by atoms with van der Waals surface area (Å²) in [6.07, 6.45) is 0. The fourth-order valence-electron chi connectivity index (χ4n) is 1.29. The maximum Gasteiger partial charge on any atom is 0.297 e. The number of hydrogen-bond acceptors (Lipinski definition) is 2. The zero-order valence-corrected chi connectivity index (χ0v) is 7.41. The standard InChI is InChI=1S/C10H5F2NO2/c11-7-8(12)10(15)13(9(7)14)6-4-2-1-3-5-6/h1-5H. The molecule has 1 aliphatic heterocycles. The smallest absolute Gasteiger partial charge is 0.265 e. The first-order valence-corrected chi connectivity index (χ1v) is 4.12. The third kappa shape index (κ3) is 1.32. The molecule has 1 aliphatic rings. The van der Waals surface area contributed by atoms with Gasteiger partial charge in [-0.1, -0.05) is 18.2 Å². The summed E-state index contributed by atoms with van der Waals surface area (Å²) in [6.45, 7) is 0. The molecule has 0 radical (unpaired) electrons. The zero-order valence-electron chi connectivity index (χ0n) is 7.41. The van der Waals surface area contributed by atoms with Gasteiger partial charge < -0.3 is 0 Å². The summed E-state index contributed by atoms with van der Waals surface area (Å²) in [7, 11) is 0. The number of imide groups is 1. The van der Waals surface area contributed by atoms with Gasteiger partial charge >= 0.3 is 0 Å². The van der Waals surface area contributed by atoms with Gasteiger partial charge in [-0.2, -0.15) is 8.78 Å². The Hall–Kier alpha value is -2.04. The second-order valence-electron chi connectivity index (χ2n) is 2.91. The van der Waals surface area contributed by atoms with Gasteiger partial charge in [-0.15, -0.1) is 0 Å². The lowest BCUT2D eigenvalue weighted by molar-refractivity contribution is -0.121. The van der Waals surface area contributed by atoms with Crippen LogP contribution in [0.25, 0.3) is 0 Å². The van der Waals surface area contributed by atoms with E-state index in [1.807, 2.05) is 0 Å². The van der Waals surface area contributed by atoms with E-state index >= 15 is 0 Å². The third-order valence-electron chi connectivity index (χ3n) is 1.99. The van der Waals surface area contributed by atoms with Crippen LogP contribution in [0.15, 0.2) is 42.0 Å². The van der Waals surface area contributed by atoms with Gasteiger partial charge in [-0.25, -0.2) is 4.90 Å². The Balaban J connectivity index is 2.44. The summed E-state index contributed by atoms with van der Waals surface area (Å²) in [4.78, 5) is 22.8. The minimum absolute atomic E-state index is 0.148. The molecule has 0 fully saturated rings. The molecule has 0 unspecified atom stereocenters. The molecular weight excluding hydrogens is 204 g/mol. The fourth-order valence-corrected chi connectivity index (χ4v) is 1.29. The molecule has 2 amide bonds. The predicted octanol–water partition coefficient (Wildman–Crippen LogP) is 1.71. The van der Waals surface area contributed by atoms with Crippen LogP contribution < -0.4 is 4.90 Å². The summed E-state index contributed by atoms with van der Waals surface area (Å²) in [5.74, 6) is -5.79. The van der Waals surface area contributed by atoms with E-state index in [9.17, 15) is 18.4 Å². The zero-order chi connectivity index (χ0) is 11.0. The van der Waals surface area contributed by atoms with Gasteiger partial charge in [0.25, 0.3) is 11.8 Å². The van der Waals surface area contributed by atoms with Crippen molar-refractivity contribution in [2.24, 2.45) is 0 Å². The number of carbonyl (C=O) groups excluding carboxylic acids is 2. The minimum atomic E-state index is -1.64. The van der Waals surface area contributed by atoms with E-state index in [-0.39, 0.29) is 5.69 Å². The SMILES string of the molecule is O=C1C(F)=C(F)C(=O)N1c1ccccc1. The van der Waals surface area contributed by atoms with Gasteiger partial charge in [0.05, 0.1) is 5.69 Å². The highest BCUT2D eigenvalue weighted by atomic mass is 19.2. The number of rotatable bonds is 1. The van der Waals surface area contributed by atoms with Crippen LogP contribution in [0.5, 0.6) is 0 Å². The van der Waals surface area contributed by atoms with Crippen molar-refractivity contribution in [3.05, 3.63) is 42.0 Å². The van der Waals surface area contributed by atoms with Crippen molar-refractivity contribution >= 4 is 17.5 Å². The van der Waals surface area contributed by atoms with E-state index in [1.54, 1.807) is 18.2 Å². The van der Waals surface area contributed by atoms with Crippen LogP contribution in [-0.2, 0) is 9.59 Å². The van der Waals surface area contributed by atoms with Gasteiger partial charge in [-0.05, 0) is 12.1 Å². The highest BCUT2D eigenvalue weighted by Crippen LogP contribution is 2.27. The van der Waals surface area contributed by atoms with E-state index in [0.717, 1.165) is 0 Å². The molecule has 15 heavy (non-hydrogen) atoms. The van der Waals surface area contributed by atoms with Gasteiger partial charge in [0.2, 0.25) is 11.7 Å². The lowest BCUT2D eigenvalue weighted by Gasteiger charge is -2.12. The molecule has 0 atom stereocenters. The molecule has 0 saturated carbocycles. The normalized spacial score (nSPS) is 16.5. The quantitative estimate of drug-likeness (QED) is 0.660. The summed E-state index contributed by atoms with van der Waals surface area (Å²) >= 11 is 0. The van der Waals surface area contributed by atoms with Crippen LogP contribution in [0.4, 0.5) is 14.5 Å². The number of para-hydroxylation sites is 1. The Morgan fingerprint density at radius 2 is 1.33 bits per heavy atom. The third-order valence-corrected chi connectivity index (χ3v) is 1.99. The van der Waals surface area contributed by atoms with Gasteiger partial charge in [0, 0.05) is 0 Å². The minimum Gasteiger partial charge on any atom is -0.265 e. The number of carbonyl (C=O) groups is 2. The van der Waals surface area contributed by atoms with E-state index in [2.05, 4.69) is 0 Å². The Morgan fingerprint density at radius 1 is 0.867 bits per heavy atom. The van der Waals surface area contributed by atoms with E-state index < -0.39 is 23.5 Å². The number of nitrogens with zero attached hydrogens (tertiary/aromatic N) is 1. The summed E-state index contributed by atoms with van der Waals surface area (Å²) < 4.78 is 25.6. The first-order chi connectivity index (χ1) is 7.13. The van der Waals surface area contributed by atoms with E-state index in [0.29, 0.717) is 4.90 Å². The van der Waals surface area contributed by atoms with Crippen molar-refractivity contribution in [2.75, 3.05) is 4.90 Å². The van der Waals surface area contributed by atoms with E-state index in [4.69, 9.17) is 0 Å². The first kappa shape index (κ1) is 9.51. The first-order valence-electron chi connectivity index (χ1n) is 4.12. The molecular formula is C10H5F2NO2. The molecule has 0 spiro atoms. The van der Waals surface area contributed by atoms with Crippen LogP contribution in [0.3, 0.4) is 0 Å². The summed E-state index contributed by atoms with van der Waals surface area (Å²) in [5, 5.41) is 0. The molecule has 2 rings (SSSR count). The van der Waals surface area contributed by atoms with E-state index in [1.165, 1.54) is 12.1 Å². The molecule has 0 bridgehead atoms. The largest absolute Gasteiger partial charge is 0.297 e. The van der Waals surface area contributed by atoms with Crippen molar-refractivity contribution in [3.8, 4) is 0 Å². The molecule has 76 valence electrons. The average molecular weight is 209 g/mol. The molecule has 0 saturated heterocycles. The van der Waals surface area contributed by atoms with Gasteiger partial charge in [0.15, 0.2) is 0 Å². The maximum atomic E-state index is 12.8. The van der Waals surface area contributed by atoms with Crippen molar-refractivity contribution < 1.29 is 18.4 Å². The molecule has 1 aromatic carbocycles. The van der Waals surface area contributed by atoms with Gasteiger partial charge in [0.1, 0.15) is 0 Å². The summed E-state index contributed by atoms with van der Waals surface area (Å²) in [5.41, 5.74) is 0.148. The lowest BCUT2D eigenvalue weighted by atomic mass is 10.3. The molecule has 5 heteroatoms. The Bertz CT molecular complexity index is 444. The summed E-state index contributed by atoms with van der Waals surface area (Å²) in [6, 6.07) is 7.62.